The van der Waals surface area contributed by atoms with Crippen molar-refractivity contribution in [2.24, 2.45) is 13.0 Å². The average molecular weight is 408 g/mol. The number of carbonyl (C=O) groups excluding carboxylic acids is 1. The fourth-order valence-corrected chi connectivity index (χ4v) is 3.72. The van der Waals surface area contributed by atoms with Crippen LogP contribution in [0.5, 0.6) is 11.5 Å². The van der Waals surface area contributed by atoms with Crippen molar-refractivity contribution in [3.05, 3.63) is 42.6 Å². The maximum Gasteiger partial charge on any atom is 0.245 e. The Labute approximate surface area is 174 Å². The van der Waals surface area contributed by atoms with E-state index in [1.54, 1.807) is 37.4 Å². The molecule has 4 rings (SSSR count). The fourth-order valence-electron chi connectivity index (χ4n) is 3.72. The molecule has 0 saturated carbocycles. The molecule has 0 N–H and O–H groups in total. The summed E-state index contributed by atoms with van der Waals surface area (Å²) in [5, 5.41) is 8.36. The minimum Gasteiger partial charge on any atom is -0.493 e. The van der Waals surface area contributed by atoms with Crippen LogP contribution >= 0.6 is 0 Å². The summed E-state index contributed by atoms with van der Waals surface area (Å²) in [5.41, 5.74) is 1.53. The molecule has 0 bridgehead atoms. The third kappa shape index (κ3) is 3.83. The maximum absolute atomic E-state index is 12.9. The molecule has 0 radical (unpaired) electrons. The Balaban J connectivity index is 1.56. The molecule has 9 nitrogen and oxygen atoms in total. The predicted octanol–water partition coefficient (Wildman–Crippen LogP) is 2.39. The number of anilines is 1. The summed E-state index contributed by atoms with van der Waals surface area (Å²) in [4.78, 5) is 23.8. The first-order chi connectivity index (χ1) is 14.6. The molecule has 1 fully saturated rings. The van der Waals surface area contributed by atoms with Crippen LogP contribution in [-0.4, -0.2) is 57.8 Å². The van der Waals surface area contributed by atoms with Gasteiger partial charge in [-0.1, -0.05) is 0 Å². The van der Waals surface area contributed by atoms with Gasteiger partial charge in [-0.3, -0.25) is 4.79 Å². The van der Waals surface area contributed by atoms with Gasteiger partial charge in [0.1, 0.15) is 0 Å². The van der Waals surface area contributed by atoms with Gasteiger partial charge in [0, 0.05) is 44.0 Å². The van der Waals surface area contributed by atoms with E-state index in [9.17, 15) is 4.79 Å². The summed E-state index contributed by atoms with van der Waals surface area (Å²) in [6.45, 7) is 1.32. The molecule has 1 unspecified atom stereocenters. The molecule has 1 aromatic carbocycles. The molecular weight excluding hydrogens is 384 g/mol. The van der Waals surface area contributed by atoms with Crippen LogP contribution in [0.4, 0.5) is 5.95 Å². The largest absolute Gasteiger partial charge is 0.493 e. The lowest BCUT2D eigenvalue weighted by Crippen LogP contribution is -2.40. The third-order valence-corrected chi connectivity index (χ3v) is 5.34. The van der Waals surface area contributed by atoms with Gasteiger partial charge in [0.25, 0.3) is 0 Å². The first-order valence-electron chi connectivity index (χ1n) is 9.79. The molecule has 3 heterocycles. The highest BCUT2D eigenvalue weighted by atomic mass is 16.5. The van der Waals surface area contributed by atoms with Crippen molar-refractivity contribution in [1.82, 2.24) is 24.7 Å². The second-order valence-electron chi connectivity index (χ2n) is 7.22. The van der Waals surface area contributed by atoms with Crippen LogP contribution in [0.15, 0.2) is 36.8 Å². The van der Waals surface area contributed by atoms with E-state index in [1.165, 1.54) is 0 Å². The van der Waals surface area contributed by atoms with Crippen molar-refractivity contribution in [2.75, 3.05) is 32.2 Å². The number of benzene rings is 1. The Kier molecular flexibility index (Phi) is 5.60. The summed E-state index contributed by atoms with van der Waals surface area (Å²) in [5.74, 6) is 2.17. The number of aryl methyl sites for hydroxylation is 1. The standard InChI is InChI=1S/C21H24N6O3/c1-26-10-8-22-20(26)19(28)15-5-4-9-27(13-15)21-24-16(12-23-25-21)14-6-7-17(29-2)18(11-14)30-3/h6-8,10-12,15H,4-5,9,13H2,1-3H3. The van der Waals surface area contributed by atoms with Crippen LogP contribution in [0.1, 0.15) is 23.5 Å². The van der Waals surface area contributed by atoms with Crippen molar-refractivity contribution in [3.8, 4) is 22.8 Å². The Morgan fingerprint density at radius 3 is 2.77 bits per heavy atom. The van der Waals surface area contributed by atoms with E-state index in [0.29, 0.717) is 35.5 Å². The topological polar surface area (TPSA) is 95.3 Å². The zero-order valence-corrected chi connectivity index (χ0v) is 17.3. The minimum absolute atomic E-state index is 0.0520. The minimum atomic E-state index is -0.145. The third-order valence-electron chi connectivity index (χ3n) is 5.34. The highest BCUT2D eigenvalue weighted by Crippen LogP contribution is 2.32. The van der Waals surface area contributed by atoms with Crippen LogP contribution < -0.4 is 14.4 Å². The average Bonchev–Trinajstić information content (AvgIpc) is 3.24. The number of ketones is 1. The van der Waals surface area contributed by atoms with E-state index in [4.69, 9.17) is 14.5 Å². The molecule has 0 aliphatic carbocycles. The van der Waals surface area contributed by atoms with Crippen molar-refractivity contribution in [2.45, 2.75) is 12.8 Å². The van der Waals surface area contributed by atoms with Crippen LogP contribution in [0.3, 0.4) is 0 Å². The second kappa shape index (κ2) is 8.48. The molecule has 1 aliphatic heterocycles. The SMILES string of the molecule is COc1ccc(-c2cnnc(N3CCCC(C(=O)c4nccn4C)C3)n2)cc1OC. The summed E-state index contributed by atoms with van der Waals surface area (Å²) in [6, 6.07) is 5.59. The van der Waals surface area contributed by atoms with E-state index in [-0.39, 0.29) is 11.7 Å². The Morgan fingerprint density at radius 2 is 2.03 bits per heavy atom. The van der Waals surface area contributed by atoms with Crippen LogP contribution in [0.2, 0.25) is 0 Å². The second-order valence-corrected chi connectivity index (χ2v) is 7.22. The van der Waals surface area contributed by atoms with E-state index in [2.05, 4.69) is 15.2 Å². The monoisotopic (exact) mass is 408 g/mol. The predicted molar refractivity (Wildman–Crippen MR) is 111 cm³/mol. The normalized spacial score (nSPS) is 16.4. The fraction of sp³-hybridized carbons (Fsp3) is 0.381. The van der Waals surface area contributed by atoms with Crippen LogP contribution in [0, 0.1) is 5.92 Å². The zero-order chi connectivity index (χ0) is 21.1. The van der Waals surface area contributed by atoms with Crippen LogP contribution in [0.25, 0.3) is 11.3 Å². The quantitative estimate of drug-likeness (QED) is 0.574. The summed E-state index contributed by atoms with van der Waals surface area (Å²) >= 11 is 0. The Bertz CT molecular complexity index is 1050. The number of piperidine rings is 1. The van der Waals surface area contributed by atoms with Gasteiger partial charge in [0.15, 0.2) is 17.3 Å². The molecule has 30 heavy (non-hydrogen) atoms. The van der Waals surface area contributed by atoms with Gasteiger partial charge in [-0.15, -0.1) is 5.10 Å². The van der Waals surface area contributed by atoms with Crippen molar-refractivity contribution >= 4 is 11.7 Å². The molecule has 2 aromatic heterocycles. The lowest BCUT2D eigenvalue weighted by atomic mass is 9.93. The number of carbonyl (C=O) groups is 1. The Morgan fingerprint density at radius 1 is 1.20 bits per heavy atom. The summed E-state index contributed by atoms with van der Waals surface area (Å²) < 4.78 is 12.4. The molecule has 3 aromatic rings. The van der Waals surface area contributed by atoms with Crippen molar-refractivity contribution in [3.63, 3.8) is 0 Å². The molecule has 1 aliphatic rings. The highest BCUT2D eigenvalue weighted by molar-refractivity contribution is 5.95. The molecule has 1 atom stereocenters. The molecule has 9 heteroatoms. The van der Waals surface area contributed by atoms with Gasteiger partial charge in [-0.25, -0.2) is 9.97 Å². The molecular formula is C21H24N6O3. The molecule has 0 amide bonds. The van der Waals surface area contributed by atoms with E-state index in [1.807, 2.05) is 30.1 Å². The number of methoxy groups -OCH3 is 2. The van der Waals surface area contributed by atoms with Gasteiger partial charge in [0.05, 0.1) is 26.1 Å². The molecule has 0 spiro atoms. The number of hydrogen-bond acceptors (Lipinski definition) is 8. The van der Waals surface area contributed by atoms with Gasteiger partial charge in [-0.2, -0.15) is 5.10 Å². The number of aromatic nitrogens is 5. The summed E-state index contributed by atoms with van der Waals surface area (Å²) in [6.07, 6.45) is 6.75. The number of nitrogens with zero attached hydrogens (tertiary/aromatic N) is 6. The molecule has 1 saturated heterocycles. The van der Waals surface area contributed by atoms with Crippen molar-refractivity contribution in [1.29, 1.82) is 0 Å². The van der Waals surface area contributed by atoms with Gasteiger partial charge in [-0.05, 0) is 31.0 Å². The Hall–Kier alpha value is -3.49. The van der Waals surface area contributed by atoms with E-state index < -0.39 is 0 Å². The van der Waals surface area contributed by atoms with Gasteiger partial charge in [0.2, 0.25) is 11.7 Å². The lowest BCUT2D eigenvalue weighted by molar-refractivity contribution is 0.0893. The van der Waals surface area contributed by atoms with Crippen molar-refractivity contribution < 1.29 is 14.3 Å². The number of imidazole rings is 1. The first kappa shape index (κ1) is 19.8. The highest BCUT2D eigenvalue weighted by Gasteiger charge is 2.30. The van der Waals surface area contributed by atoms with E-state index >= 15 is 0 Å². The van der Waals surface area contributed by atoms with Gasteiger partial charge >= 0.3 is 0 Å². The number of hydrogen-bond donors (Lipinski definition) is 0. The van der Waals surface area contributed by atoms with Crippen LogP contribution in [-0.2, 0) is 7.05 Å². The number of rotatable bonds is 6. The zero-order valence-electron chi connectivity index (χ0n) is 17.3. The van der Waals surface area contributed by atoms with Gasteiger partial charge < -0.3 is 18.9 Å². The summed E-state index contributed by atoms with van der Waals surface area (Å²) in [7, 11) is 5.03. The molecule has 156 valence electrons. The van der Waals surface area contributed by atoms with E-state index in [0.717, 1.165) is 24.9 Å². The lowest BCUT2D eigenvalue weighted by Gasteiger charge is -2.31. The smallest absolute Gasteiger partial charge is 0.245 e. The number of ether oxygens (including phenoxy) is 2. The maximum atomic E-state index is 12.9. The first-order valence-corrected chi connectivity index (χ1v) is 9.79. The number of Topliss-reactive ketones (excluding diaryl/α,β-unsaturated/α-hetero) is 1.